The number of phenolic OH excluding ortho intramolecular Hbond substituents is 1. The van der Waals surface area contributed by atoms with Gasteiger partial charge in [-0.05, 0) is 31.0 Å². The molecule has 0 aliphatic heterocycles. The fourth-order valence-corrected chi connectivity index (χ4v) is 1.52. The van der Waals surface area contributed by atoms with Crippen molar-refractivity contribution in [3.05, 3.63) is 28.8 Å². The maximum absolute atomic E-state index is 9.60. The second-order valence-corrected chi connectivity index (χ2v) is 4.54. The van der Waals surface area contributed by atoms with Crippen LogP contribution in [0.2, 0.25) is 5.02 Å². The van der Waals surface area contributed by atoms with Crippen molar-refractivity contribution < 1.29 is 10.2 Å². The summed E-state index contributed by atoms with van der Waals surface area (Å²) in [6.07, 6.45) is 0. The smallest absolute Gasteiger partial charge is 0.120 e. The van der Waals surface area contributed by atoms with Gasteiger partial charge in [0.1, 0.15) is 5.75 Å². The molecule has 0 heterocycles. The van der Waals surface area contributed by atoms with Gasteiger partial charge in [0.05, 0.1) is 0 Å². The molecule has 2 atom stereocenters. The van der Waals surface area contributed by atoms with E-state index in [-0.39, 0.29) is 24.3 Å². The van der Waals surface area contributed by atoms with E-state index in [0.29, 0.717) is 11.6 Å². The highest BCUT2D eigenvalue weighted by Gasteiger charge is 2.11. The average molecular weight is 244 g/mol. The molecule has 0 aliphatic rings. The van der Waals surface area contributed by atoms with E-state index in [9.17, 15) is 5.11 Å². The van der Waals surface area contributed by atoms with Crippen LogP contribution >= 0.6 is 11.6 Å². The maximum Gasteiger partial charge on any atom is 0.120 e. The Morgan fingerprint density at radius 2 is 2.06 bits per heavy atom. The fourth-order valence-electron chi connectivity index (χ4n) is 1.33. The Hall–Kier alpha value is -0.770. The Morgan fingerprint density at radius 1 is 1.38 bits per heavy atom. The van der Waals surface area contributed by atoms with Crippen molar-refractivity contribution in [2.75, 3.05) is 6.61 Å². The normalized spacial score (nSPS) is 14.8. The lowest BCUT2D eigenvalue weighted by Crippen LogP contribution is -2.33. The van der Waals surface area contributed by atoms with Crippen LogP contribution in [0, 0.1) is 5.92 Å². The third kappa shape index (κ3) is 3.67. The van der Waals surface area contributed by atoms with Gasteiger partial charge in [-0.3, -0.25) is 0 Å². The topological polar surface area (TPSA) is 52.5 Å². The van der Waals surface area contributed by atoms with Crippen molar-refractivity contribution in [3.8, 4) is 5.75 Å². The largest absolute Gasteiger partial charge is 0.508 e. The molecular formula is C12H18ClNO2. The third-order valence-electron chi connectivity index (χ3n) is 2.80. The van der Waals surface area contributed by atoms with Crippen molar-refractivity contribution in [2.24, 2.45) is 5.92 Å². The zero-order valence-electron chi connectivity index (χ0n) is 9.57. The Balaban J connectivity index is 2.57. The summed E-state index contributed by atoms with van der Waals surface area (Å²) >= 11 is 5.84. The second-order valence-electron chi connectivity index (χ2n) is 4.10. The van der Waals surface area contributed by atoms with Crippen LogP contribution in [-0.4, -0.2) is 22.9 Å². The highest BCUT2D eigenvalue weighted by Crippen LogP contribution is 2.21. The Kier molecular flexibility index (Phi) is 5.06. The van der Waals surface area contributed by atoms with E-state index in [4.69, 9.17) is 16.7 Å². The van der Waals surface area contributed by atoms with E-state index in [1.165, 1.54) is 0 Å². The van der Waals surface area contributed by atoms with Crippen LogP contribution < -0.4 is 5.32 Å². The summed E-state index contributed by atoms with van der Waals surface area (Å²) in [5.74, 6) is 0.419. The molecule has 16 heavy (non-hydrogen) atoms. The SMILES string of the molecule is CC(CO)C(C)NCc1cc(Cl)ccc1O. The molecule has 3 nitrogen and oxygen atoms in total. The molecule has 0 aliphatic carbocycles. The van der Waals surface area contributed by atoms with Crippen molar-refractivity contribution >= 4 is 11.6 Å². The molecule has 1 aromatic carbocycles. The van der Waals surface area contributed by atoms with Crippen molar-refractivity contribution in [1.82, 2.24) is 5.32 Å². The summed E-state index contributed by atoms with van der Waals surface area (Å²) in [5, 5.41) is 22.4. The molecule has 0 fully saturated rings. The number of hydrogen-bond donors (Lipinski definition) is 3. The zero-order chi connectivity index (χ0) is 12.1. The number of phenols is 1. The third-order valence-corrected chi connectivity index (χ3v) is 3.03. The molecular weight excluding hydrogens is 226 g/mol. The first-order valence-electron chi connectivity index (χ1n) is 5.36. The van der Waals surface area contributed by atoms with Crippen LogP contribution in [0.15, 0.2) is 18.2 Å². The first-order chi connectivity index (χ1) is 7.54. The molecule has 1 aromatic rings. The quantitative estimate of drug-likeness (QED) is 0.743. The van der Waals surface area contributed by atoms with Crippen LogP contribution in [-0.2, 0) is 6.54 Å². The van der Waals surface area contributed by atoms with Gasteiger partial charge in [0.25, 0.3) is 0 Å². The van der Waals surface area contributed by atoms with E-state index < -0.39 is 0 Å². The first kappa shape index (κ1) is 13.3. The Morgan fingerprint density at radius 3 is 2.69 bits per heavy atom. The minimum Gasteiger partial charge on any atom is -0.508 e. The van der Waals surface area contributed by atoms with Gasteiger partial charge in [0, 0.05) is 29.8 Å². The molecule has 90 valence electrons. The molecule has 0 bridgehead atoms. The number of aliphatic hydroxyl groups excluding tert-OH is 1. The predicted octanol–water partition coefficient (Wildman–Crippen LogP) is 2.15. The van der Waals surface area contributed by atoms with Crippen molar-refractivity contribution in [3.63, 3.8) is 0 Å². The Bertz CT molecular complexity index is 344. The number of aromatic hydroxyl groups is 1. The lowest BCUT2D eigenvalue weighted by Gasteiger charge is -2.19. The molecule has 4 heteroatoms. The van der Waals surface area contributed by atoms with Crippen molar-refractivity contribution in [1.29, 1.82) is 0 Å². The molecule has 0 amide bonds. The minimum absolute atomic E-state index is 0.149. The lowest BCUT2D eigenvalue weighted by atomic mass is 10.0. The second kappa shape index (κ2) is 6.09. The fraction of sp³-hybridized carbons (Fsp3) is 0.500. The summed E-state index contributed by atoms with van der Waals surface area (Å²) in [6, 6.07) is 5.16. The number of aliphatic hydroxyl groups is 1. The summed E-state index contributed by atoms with van der Waals surface area (Å²) in [4.78, 5) is 0. The van der Waals surface area contributed by atoms with Crippen LogP contribution in [0.3, 0.4) is 0 Å². The molecule has 0 radical (unpaired) electrons. The summed E-state index contributed by atoms with van der Waals surface area (Å²) in [6.45, 7) is 4.66. The molecule has 0 saturated heterocycles. The standard InChI is InChI=1S/C12H18ClNO2/c1-8(7-15)9(2)14-6-10-5-11(13)3-4-12(10)16/h3-5,8-9,14-16H,6-7H2,1-2H3. The first-order valence-corrected chi connectivity index (χ1v) is 5.74. The van der Waals surface area contributed by atoms with E-state index in [0.717, 1.165) is 5.56 Å². The molecule has 3 N–H and O–H groups in total. The number of benzene rings is 1. The van der Waals surface area contributed by atoms with Gasteiger partial charge in [0.15, 0.2) is 0 Å². The van der Waals surface area contributed by atoms with Crippen molar-refractivity contribution in [2.45, 2.75) is 26.4 Å². The lowest BCUT2D eigenvalue weighted by molar-refractivity contribution is 0.207. The van der Waals surface area contributed by atoms with Gasteiger partial charge in [-0.2, -0.15) is 0 Å². The van der Waals surface area contributed by atoms with E-state index >= 15 is 0 Å². The van der Waals surface area contributed by atoms with Gasteiger partial charge < -0.3 is 15.5 Å². The summed E-state index contributed by atoms with van der Waals surface area (Å²) in [5.41, 5.74) is 0.768. The summed E-state index contributed by atoms with van der Waals surface area (Å²) in [7, 11) is 0. The Labute approximate surface area is 101 Å². The highest BCUT2D eigenvalue weighted by atomic mass is 35.5. The molecule has 0 spiro atoms. The highest BCUT2D eigenvalue weighted by molar-refractivity contribution is 6.30. The molecule has 1 rings (SSSR count). The van der Waals surface area contributed by atoms with Gasteiger partial charge in [0.2, 0.25) is 0 Å². The molecule has 0 saturated carbocycles. The van der Waals surface area contributed by atoms with Crippen LogP contribution in [0.1, 0.15) is 19.4 Å². The predicted molar refractivity (Wildman–Crippen MR) is 65.7 cm³/mol. The number of hydrogen-bond acceptors (Lipinski definition) is 3. The minimum atomic E-state index is 0.149. The molecule has 0 aromatic heterocycles. The number of nitrogens with one attached hydrogen (secondary N) is 1. The van der Waals surface area contributed by atoms with E-state index in [2.05, 4.69) is 5.32 Å². The van der Waals surface area contributed by atoms with Gasteiger partial charge in [-0.1, -0.05) is 18.5 Å². The van der Waals surface area contributed by atoms with Crippen LogP contribution in [0.25, 0.3) is 0 Å². The monoisotopic (exact) mass is 243 g/mol. The number of halogens is 1. The molecule has 2 unspecified atom stereocenters. The van der Waals surface area contributed by atoms with Crippen LogP contribution in [0.5, 0.6) is 5.75 Å². The van der Waals surface area contributed by atoms with Gasteiger partial charge in [-0.15, -0.1) is 0 Å². The van der Waals surface area contributed by atoms with E-state index in [1.807, 2.05) is 13.8 Å². The van der Waals surface area contributed by atoms with Gasteiger partial charge in [-0.25, -0.2) is 0 Å². The summed E-state index contributed by atoms with van der Waals surface area (Å²) < 4.78 is 0. The van der Waals surface area contributed by atoms with Gasteiger partial charge >= 0.3 is 0 Å². The number of rotatable bonds is 5. The zero-order valence-corrected chi connectivity index (χ0v) is 10.3. The van der Waals surface area contributed by atoms with E-state index in [1.54, 1.807) is 18.2 Å². The van der Waals surface area contributed by atoms with Crippen LogP contribution in [0.4, 0.5) is 0 Å². The average Bonchev–Trinajstić information content (AvgIpc) is 2.28. The maximum atomic E-state index is 9.60.